The van der Waals surface area contributed by atoms with E-state index in [1.165, 1.54) is 0 Å². The van der Waals surface area contributed by atoms with Crippen molar-refractivity contribution in [3.05, 3.63) is 12.2 Å². The van der Waals surface area contributed by atoms with Crippen LogP contribution in [0.15, 0.2) is 12.2 Å². The Morgan fingerprint density at radius 3 is 2.18 bits per heavy atom. The van der Waals surface area contributed by atoms with E-state index in [1.807, 2.05) is 26.8 Å². The quantitative estimate of drug-likeness (QED) is 0.350. The lowest BCUT2D eigenvalue weighted by Crippen LogP contribution is -2.13. The fourth-order valence-corrected chi connectivity index (χ4v) is 1.01. The van der Waals surface area contributed by atoms with Crippen LogP contribution in [-0.4, -0.2) is 38.0 Å². The molecule has 0 saturated heterocycles. The minimum Gasteiger partial charge on any atom is -0.459 e. The molecule has 0 aliphatic carbocycles. The first-order valence-corrected chi connectivity index (χ1v) is 7.81. The van der Waals surface area contributed by atoms with Crippen LogP contribution in [0.2, 0.25) is 0 Å². The molecule has 0 N–H and O–H groups in total. The molecule has 0 aromatic carbocycles. The van der Waals surface area contributed by atoms with Crippen molar-refractivity contribution < 1.29 is 19.0 Å². The number of hydrogen-bond donors (Lipinski definition) is 0. The summed E-state index contributed by atoms with van der Waals surface area (Å²) >= 11 is 0. The Balaban J connectivity index is 0. The molecule has 22 heavy (non-hydrogen) atoms. The van der Waals surface area contributed by atoms with Crippen LogP contribution in [0.1, 0.15) is 53.9 Å². The molecule has 0 bridgehead atoms. The second-order valence-corrected chi connectivity index (χ2v) is 5.01. The standard InChI is InChI=1S/C9H17NO2.C8H14O2/c1-3-9(2)12-8-7-11-6-4-5-10;1-5-7(4)10-8(9)6(2)3/h9H,3-4,6-8H2,1-2H3;7H,2,5H2,1,3-4H3. The molecule has 5 nitrogen and oxygen atoms in total. The van der Waals surface area contributed by atoms with Gasteiger partial charge < -0.3 is 14.2 Å². The number of esters is 1. The maximum atomic E-state index is 10.8. The maximum Gasteiger partial charge on any atom is 0.333 e. The second kappa shape index (κ2) is 16.0. The third-order valence-electron chi connectivity index (χ3n) is 2.79. The molecule has 0 amide bonds. The van der Waals surface area contributed by atoms with Gasteiger partial charge in [0.15, 0.2) is 0 Å². The Kier molecular flexibility index (Phi) is 16.6. The lowest BCUT2D eigenvalue weighted by molar-refractivity contribution is -0.143. The molecule has 5 heteroatoms. The first-order valence-electron chi connectivity index (χ1n) is 7.81. The van der Waals surface area contributed by atoms with Gasteiger partial charge in [-0.15, -0.1) is 0 Å². The number of carbonyl (C=O) groups is 1. The molecule has 0 aromatic heterocycles. The highest BCUT2D eigenvalue weighted by Gasteiger charge is 2.06. The zero-order valence-corrected chi connectivity index (χ0v) is 14.7. The molecule has 0 aliphatic rings. The van der Waals surface area contributed by atoms with Crippen molar-refractivity contribution >= 4 is 5.97 Å². The number of hydrogen-bond acceptors (Lipinski definition) is 5. The van der Waals surface area contributed by atoms with Crippen LogP contribution < -0.4 is 0 Å². The highest BCUT2D eigenvalue weighted by Crippen LogP contribution is 2.00. The molecular formula is C17H31NO4. The first-order chi connectivity index (χ1) is 10.4. The summed E-state index contributed by atoms with van der Waals surface area (Å²) in [5.74, 6) is -0.297. The lowest BCUT2D eigenvalue weighted by atomic mass is 10.3. The zero-order valence-electron chi connectivity index (χ0n) is 14.7. The molecule has 0 saturated carbocycles. The Labute approximate surface area is 135 Å². The van der Waals surface area contributed by atoms with E-state index in [2.05, 4.69) is 13.5 Å². The smallest absolute Gasteiger partial charge is 0.333 e. The molecule has 0 aliphatic heterocycles. The summed E-state index contributed by atoms with van der Waals surface area (Å²) in [6, 6.07) is 2.01. The average molecular weight is 313 g/mol. The summed E-state index contributed by atoms with van der Waals surface area (Å²) in [4.78, 5) is 10.8. The van der Waals surface area contributed by atoms with Gasteiger partial charge in [0.25, 0.3) is 0 Å². The predicted molar refractivity (Wildman–Crippen MR) is 87.4 cm³/mol. The SMILES string of the molecule is C=C(C)C(=O)OC(C)CC.CCC(C)OCCOCCC#N. The molecule has 0 heterocycles. The van der Waals surface area contributed by atoms with E-state index in [-0.39, 0.29) is 12.1 Å². The molecule has 0 fully saturated rings. The fourth-order valence-electron chi connectivity index (χ4n) is 1.01. The average Bonchev–Trinajstić information content (AvgIpc) is 2.50. The van der Waals surface area contributed by atoms with Crippen LogP contribution in [0.5, 0.6) is 0 Å². The summed E-state index contributed by atoms with van der Waals surface area (Å²) in [5.41, 5.74) is 0.459. The Hall–Kier alpha value is -1.38. The minimum absolute atomic E-state index is 0.00389. The van der Waals surface area contributed by atoms with Crippen molar-refractivity contribution in [1.82, 2.24) is 0 Å². The molecule has 0 aromatic rings. The van der Waals surface area contributed by atoms with E-state index < -0.39 is 0 Å². The first kappa shape index (κ1) is 22.9. The zero-order chi connectivity index (χ0) is 17.4. The van der Waals surface area contributed by atoms with Crippen molar-refractivity contribution in [3.8, 4) is 6.07 Å². The van der Waals surface area contributed by atoms with Crippen LogP contribution in [0.25, 0.3) is 0 Å². The van der Waals surface area contributed by atoms with Gasteiger partial charge in [-0.2, -0.15) is 5.26 Å². The number of nitrogens with zero attached hydrogens (tertiary/aromatic N) is 1. The molecule has 0 spiro atoms. The van der Waals surface area contributed by atoms with E-state index in [4.69, 9.17) is 19.5 Å². The van der Waals surface area contributed by atoms with Crippen LogP contribution in [-0.2, 0) is 19.0 Å². The molecule has 0 radical (unpaired) electrons. The van der Waals surface area contributed by atoms with Gasteiger partial charge in [0, 0.05) is 5.57 Å². The molecule has 2 atom stereocenters. The van der Waals surface area contributed by atoms with Crippen LogP contribution >= 0.6 is 0 Å². The van der Waals surface area contributed by atoms with Gasteiger partial charge in [-0.3, -0.25) is 0 Å². The number of carbonyl (C=O) groups excluding carboxylic acids is 1. The molecular weight excluding hydrogens is 282 g/mol. The second-order valence-electron chi connectivity index (χ2n) is 5.01. The van der Waals surface area contributed by atoms with Crippen LogP contribution in [0.4, 0.5) is 0 Å². The Bertz CT molecular complexity index is 336. The lowest BCUT2D eigenvalue weighted by Gasteiger charge is -2.09. The van der Waals surface area contributed by atoms with E-state index >= 15 is 0 Å². The van der Waals surface area contributed by atoms with Gasteiger partial charge in [-0.1, -0.05) is 20.4 Å². The maximum absolute atomic E-state index is 10.8. The van der Waals surface area contributed by atoms with Crippen molar-refractivity contribution in [2.75, 3.05) is 19.8 Å². The highest BCUT2D eigenvalue weighted by atomic mass is 16.5. The number of nitriles is 1. The van der Waals surface area contributed by atoms with E-state index in [1.54, 1.807) is 6.92 Å². The Morgan fingerprint density at radius 1 is 1.14 bits per heavy atom. The van der Waals surface area contributed by atoms with E-state index in [0.29, 0.717) is 37.9 Å². The van der Waals surface area contributed by atoms with E-state index in [0.717, 1.165) is 12.8 Å². The Morgan fingerprint density at radius 2 is 1.73 bits per heavy atom. The van der Waals surface area contributed by atoms with Crippen molar-refractivity contribution in [2.24, 2.45) is 0 Å². The number of rotatable bonds is 10. The largest absolute Gasteiger partial charge is 0.459 e. The summed E-state index contributed by atoms with van der Waals surface area (Å²) < 4.78 is 15.4. The highest BCUT2D eigenvalue weighted by molar-refractivity contribution is 5.87. The van der Waals surface area contributed by atoms with Crippen molar-refractivity contribution in [2.45, 2.75) is 66.1 Å². The molecule has 0 rings (SSSR count). The third kappa shape index (κ3) is 16.7. The van der Waals surface area contributed by atoms with Crippen molar-refractivity contribution in [1.29, 1.82) is 5.26 Å². The van der Waals surface area contributed by atoms with Gasteiger partial charge in [-0.25, -0.2) is 4.79 Å². The van der Waals surface area contributed by atoms with Gasteiger partial charge >= 0.3 is 5.97 Å². The summed E-state index contributed by atoms with van der Waals surface area (Å²) in [5, 5.41) is 8.19. The van der Waals surface area contributed by atoms with Gasteiger partial charge in [0.05, 0.1) is 44.5 Å². The van der Waals surface area contributed by atoms with Crippen LogP contribution in [0, 0.1) is 11.3 Å². The van der Waals surface area contributed by atoms with Crippen LogP contribution in [0.3, 0.4) is 0 Å². The van der Waals surface area contributed by atoms with E-state index in [9.17, 15) is 4.79 Å². The monoisotopic (exact) mass is 313 g/mol. The topological polar surface area (TPSA) is 68.6 Å². The fraction of sp³-hybridized carbons (Fsp3) is 0.765. The van der Waals surface area contributed by atoms with Gasteiger partial charge in [0.1, 0.15) is 0 Å². The normalized spacial score (nSPS) is 12.4. The molecule has 2 unspecified atom stereocenters. The summed E-state index contributed by atoms with van der Waals surface area (Å²) in [7, 11) is 0. The van der Waals surface area contributed by atoms with Gasteiger partial charge in [-0.05, 0) is 33.6 Å². The predicted octanol–water partition coefficient (Wildman–Crippen LogP) is 3.64. The summed E-state index contributed by atoms with van der Waals surface area (Å²) in [6.45, 7) is 14.8. The summed E-state index contributed by atoms with van der Waals surface area (Å²) in [6.07, 6.45) is 2.65. The minimum atomic E-state index is -0.297. The van der Waals surface area contributed by atoms with Crippen molar-refractivity contribution in [3.63, 3.8) is 0 Å². The molecule has 128 valence electrons. The number of ether oxygens (including phenoxy) is 3. The van der Waals surface area contributed by atoms with Gasteiger partial charge in [0.2, 0.25) is 0 Å². The third-order valence-corrected chi connectivity index (χ3v) is 2.79.